The lowest BCUT2D eigenvalue weighted by atomic mass is 10.2. The molecule has 0 fully saturated rings. The fourth-order valence-corrected chi connectivity index (χ4v) is 1.98. The number of nitrogens with one attached hydrogen (secondary N) is 1. The van der Waals surface area contributed by atoms with Crippen molar-refractivity contribution >= 4 is 29.0 Å². The van der Waals surface area contributed by atoms with Crippen molar-refractivity contribution in [3.8, 4) is 11.6 Å². The predicted molar refractivity (Wildman–Crippen MR) is 75.1 cm³/mol. The van der Waals surface area contributed by atoms with Crippen molar-refractivity contribution in [1.82, 2.24) is 4.98 Å². The molecule has 0 radical (unpaired) electrons. The molecule has 0 saturated carbocycles. The minimum Gasteiger partial charge on any atom is -0.437 e. The highest BCUT2D eigenvalue weighted by molar-refractivity contribution is 6.36. The van der Waals surface area contributed by atoms with Crippen LogP contribution in [0.3, 0.4) is 0 Å². The zero-order valence-electron chi connectivity index (χ0n) is 10.00. The number of ether oxygens (including phenoxy) is 1. The normalized spacial score (nSPS) is 10.2. The van der Waals surface area contributed by atoms with Gasteiger partial charge in [0.1, 0.15) is 16.6 Å². The number of aromatic nitrogens is 1. The van der Waals surface area contributed by atoms with Crippen LogP contribution in [-0.2, 0) is 0 Å². The fourth-order valence-electron chi connectivity index (χ4n) is 1.49. The number of anilines is 1. The summed E-state index contributed by atoms with van der Waals surface area (Å²) in [5.41, 5.74) is 1.10. The Bertz CT molecular complexity index is 573. The molecule has 1 aromatic carbocycles. The topological polar surface area (TPSA) is 34.2 Å². The van der Waals surface area contributed by atoms with Crippen LogP contribution in [0.1, 0.15) is 5.56 Å². The van der Waals surface area contributed by atoms with Crippen LogP contribution in [0.2, 0.25) is 10.0 Å². The first-order valence-corrected chi connectivity index (χ1v) is 6.14. The van der Waals surface area contributed by atoms with Gasteiger partial charge in [-0.15, -0.1) is 0 Å². The van der Waals surface area contributed by atoms with Crippen molar-refractivity contribution in [2.45, 2.75) is 6.92 Å². The van der Waals surface area contributed by atoms with Crippen molar-refractivity contribution in [2.24, 2.45) is 0 Å². The van der Waals surface area contributed by atoms with Crippen molar-refractivity contribution in [1.29, 1.82) is 0 Å². The fraction of sp³-hybridized carbons (Fsp3) is 0.154. The molecular weight excluding hydrogens is 271 g/mol. The molecule has 0 aliphatic rings. The first-order valence-electron chi connectivity index (χ1n) is 5.38. The molecule has 2 rings (SSSR count). The largest absolute Gasteiger partial charge is 0.437 e. The number of benzene rings is 1. The lowest BCUT2D eigenvalue weighted by Gasteiger charge is -2.10. The first-order chi connectivity index (χ1) is 8.60. The molecule has 0 spiro atoms. The van der Waals surface area contributed by atoms with Gasteiger partial charge in [0, 0.05) is 7.05 Å². The summed E-state index contributed by atoms with van der Waals surface area (Å²) in [6.07, 6.45) is 0. The molecule has 18 heavy (non-hydrogen) atoms. The van der Waals surface area contributed by atoms with Crippen molar-refractivity contribution in [2.75, 3.05) is 12.4 Å². The summed E-state index contributed by atoms with van der Waals surface area (Å²) < 4.78 is 5.65. The van der Waals surface area contributed by atoms with Gasteiger partial charge < -0.3 is 10.1 Å². The minimum absolute atomic E-state index is 0.330. The third-order valence-corrected chi connectivity index (χ3v) is 2.90. The zero-order valence-corrected chi connectivity index (χ0v) is 11.5. The third-order valence-electron chi connectivity index (χ3n) is 2.34. The molecule has 0 aliphatic carbocycles. The van der Waals surface area contributed by atoms with Crippen LogP contribution in [-0.4, -0.2) is 12.0 Å². The van der Waals surface area contributed by atoms with Crippen LogP contribution >= 0.6 is 23.2 Å². The Morgan fingerprint density at radius 3 is 2.61 bits per heavy atom. The maximum atomic E-state index is 6.05. The Morgan fingerprint density at radius 1 is 1.17 bits per heavy atom. The lowest BCUT2D eigenvalue weighted by molar-refractivity contribution is 0.463. The van der Waals surface area contributed by atoms with E-state index in [1.165, 1.54) is 0 Å². The standard InChI is InChI=1S/C13H12Cl2N2O/c1-8-4-3-5-9(6-8)18-13-11(15)7-10(14)12(16-2)17-13/h3-7H,1-2H3,(H,16,17). The molecule has 3 nitrogen and oxygen atoms in total. The van der Waals surface area contributed by atoms with E-state index in [0.717, 1.165) is 5.56 Å². The highest BCUT2D eigenvalue weighted by atomic mass is 35.5. The Balaban J connectivity index is 2.34. The van der Waals surface area contributed by atoms with E-state index in [-0.39, 0.29) is 0 Å². The Hall–Kier alpha value is -1.45. The van der Waals surface area contributed by atoms with E-state index in [2.05, 4.69) is 10.3 Å². The number of nitrogens with zero attached hydrogens (tertiary/aromatic N) is 1. The number of pyridine rings is 1. The summed E-state index contributed by atoms with van der Waals surface area (Å²) in [6, 6.07) is 9.26. The molecule has 0 amide bonds. The highest BCUT2D eigenvalue weighted by Gasteiger charge is 2.10. The van der Waals surface area contributed by atoms with Gasteiger partial charge >= 0.3 is 0 Å². The van der Waals surface area contributed by atoms with E-state index >= 15 is 0 Å². The molecule has 0 aliphatic heterocycles. The molecule has 1 N–H and O–H groups in total. The maximum Gasteiger partial charge on any atom is 0.240 e. The van der Waals surface area contributed by atoms with E-state index in [0.29, 0.717) is 27.5 Å². The second kappa shape index (κ2) is 5.46. The summed E-state index contributed by atoms with van der Waals surface area (Å²) in [7, 11) is 1.73. The number of aryl methyl sites for hydroxylation is 1. The van der Waals surface area contributed by atoms with E-state index in [1.807, 2.05) is 31.2 Å². The van der Waals surface area contributed by atoms with Crippen LogP contribution in [0, 0.1) is 6.92 Å². The second-order valence-corrected chi connectivity index (χ2v) is 4.59. The van der Waals surface area contributed by atoms with Crippen LogP contribution in [0.4, 0.5) is 5.82 Å². The Morgan fingerprint density at radius 2 is 1.94 bits per heavy atom. The third kappa shape index (κ3) is 2.86. The average Bonchev–Trinajstić information content (AvgIpc) is 2.33. The van der Waals surface area contributed by atoms with Crippen LogP contribution in [0.25, 0.3) is 0 Å². The van der Waals surface area contributed by atoms with E-state index in [1.54, 1.807) is 13.1 Å². The molecule has 5 heteroatoms. The lowest BCUT2D eigenvalue weighted by Crippen LogP contribution is -1.96. The summed E-state index contributed by atoms with van der Waals surface area (Å²) in [6.45, 7) is 1.99. The summed E-state index contributed by atoms with van der Waals surface area (Å²) in [5, 5.41) is 3.71. The van der Waals surface area contributed by atoms with Gasteiger partial charge in [-0.05, 0) is 30.7 Å². The molecular formula is C13H12Cl2N2O. The van der Waals surface area contributed by atoms with Gasteiger partial charge in [0.05, 0.1) is 5.02 Å². The minimum atomic E-state index is 0.330. The second-order valence-electron chi connectivity index (χ2n) is 3.77. The molecule has 0 bridgehead atoms. The van der Waals surface area contributed by atoms with Crippen molar-refractivity contribution < 1.29 is 4.74 Å². The SMILES string of the molecule is CNc1nc(Oc2cccc(C)c2)c(Cl)cc1Cl. The molecule has 0 atom stereocenters. The van der Waals surface area contributed by atoms with Crippen LogP contribution in [0.5, 0.6) is 11.6 Å². The average molecular weight is 283 g/mol. The summed E-state index contributed by atoms with van der Waals surface area (Å²) in [5.74, 6) is 1.55. The van der Waals surface area contributed by atoms with Crippen molar-refractivity contribution in [3.05, 3.63) is 45.9 Å². The number of halogens is 2. The quantitative estimate of drug-likeness (QED) is 0.898. The van der Waals surface area contributed by atoms with Gasteiger partial charge in [0.2, 0.25) is 5.88 Å². The number of hydrogen-bond acceptors (Lipinski definition) is 3. The van der Waals surface area contributed by atoms with Crippen LogP contribution < -0.4 is 10.1 Å². The van der Waals surface area contributed by atoms with Crippen molar-refractivity contribution in [3.63, 3.8) is 0 Å². The molecule has 1 heterocycles. The molecule has 94 valence electrons. The Labute approximate surface area is 116 Å². The zero-order chi connectivity index (χ0) is 13.1. The smallest absolute Gasteiger partial charge is 0.240 e. The first kappa shape index (κ1) is 13.0. The molecule has 1 aromatic heterocycles. The Kier molecular flexibility index (Phi) is 3.94. The van der Waals surface area contributed by atoms with E-state index in [9.17, 15) is 0 Å². The highest BCUT2D eigenvalue weighted by Crippen LogP contribution is 2.33. The van der Waals surface area contributed by atoms with Gasteiger partial charge in [-0.25, -0.2) is 0 Å². The van der Waals surface area contributed by atoms with Gasteiger partial charge in [0.15, 0.2) is 0 Å². The summed E-state index contributed by atoms with van der Waals surface area (Å²) >= 11 is 12.0. The maximum absolute atomic E-state index is 6.05. The predicted octanol–water partition coefficient (Wildman–Crippen LogP) is 4.53. The molecule has 0 saturated heterocycles. The molecule has 0 unspecified atom stereocenters. The number of rotatable bonds is 3. The van der Waals surface area contributed by atoms with E-state index < -0.39 is 0 Å². The van der Waals surface area contributed by atoms with Crippen LogP contribution in [0.15, 0.2) is 30.3 Å². The van der Waals surface area contributed by atoms with E-state index in [4.69, 9.17) is 27.9 Å². The van der Waals surface area contributed by atoms with Gasteiger partial charge in [-0.1, -0.05) is 35.3 Å². The monoisotopic (exact) mass is 282 g/mol. The molecule has 2 aromatic rings. The van der Waals surface area contributed by atoms with Gasteiger partial charge in [-0.3, -0.25) is 0 Å². The summed E-state index contributed by atoms with van der Waals surface area (Å²) in [4.78, 5) is 4.22. The number of hydrogen-bond donors (Lipinski definition) is 1. The van der Waals surface area contributed by atoms with Gasteiger partial charge in [0.25, 0.3) is 0 Å². The van der Waals surface area contributed by atoms with Gasteiger partial charge in [-0.2, -0.15) is 4.98 Å².